The van der Waals surface area contributed by atoms with Crippen LogP contribution in [0, 0.1) is 6.92 Å². The molecule has 1 aromatic heterocycles. The zero-order valence-electron chi connectivity index (χ0n) is 16.1. The van der Waals surface area contributed by atoms with E-state index in [1.165, 1.54) is 17.7 Å². The number of amides is 2. The molecule has 0 atom stereocenters. The molecule has 0 unspecified atom stereocenters. The van der Waals surface area contributed by atoms with Crippen molar-refractivity contribution in [2.45, 2.75) is 19.8 Å². The Morgan fingerprint density at radius 1 is 1.25 bits per heavy atom. The molecule has 2 aromatic rings. The predicted molar refractivity (Wildman–Crippen MR) is 103 cm³/mol. The van der Waals surface area contributed by atoms with Gasteiger partial charge < -0.3 is 24.4 Å². The Labute approximate surface area is 164 Å². The van der Waals surface area contributed by atoms with Crippen molar-refractivity contribution in [1.82, 2.24) is 10.1 Å². The Morgan fingerprint density at radius 2 is 2.00 bits per heavy atom. The van der Waals surface area contributed by atoms with Crippen LogP contribution in [-0.2, 0) is 9.59 Å². The summed E-state index contributed by atoms with van der Waals surface area (Å²) in [4.78, 5) is 28.1. The van der Waals surface area contributed by atoms with Crippen LogP contribution in [0.4, 0.5) is 5.82 Å². The number of hydrogen-bond acceptors (Lipinski definition) is 5. The van der Waals surface area contributed by atoms with E-state index >= 15 is 0 Å². The van der Waals surface area contributed by atoms with Gasteiger partial charge in [0.15, 0.2) is 12.4 Å². The van der Waals surface area contributed by atoms with Crippen molar-refractivity contribution < 1.29 is 23.7 Å². The largest absolute Gasteiger partial charge is 0.484 e. The molecule has 0 spiro atoms. The third kappa shape index (κ3) is 6.09. The first-order chi connectivity index (χ1) is 13.6. The smallest absolute Gasteiger partial charge is 0.261 e. The van der Waals surface area contributed by atoms with Crippen molar-refractivity contribution in [1.29, 1.82) is 0 Å². The van der Waals surface area contributed by atoms with Crippen LogP contribution in [0.2, 0.25) is 0 Å². The summed E-state index contributed by atoms with van der Waals surface area (Å²) in [6, 6.07) is 10.8. The zero-order valence-corrected chi connectivity index (χ0v) is 16.1. The van der Waals surface area contributed by atoms with Gasteiger partial charge in [-0.15, -0.1) is 0 Å². The first-order valence-electron chi connectivity index (χ1n) is 9.62. The minimum absolute atomic E-state index is 0.0455. The Balaban J connectivity index is 1.56. The maximum absolute atomic E-state index is 12.7. The van der Waals surface area contributed by atoms with Crippen molar-refractivity contribution in [3.63, 3.8) is 0 Å². The average molecular weight is 387 g/mol. The van der Waals surface area contributed by atoms with Crippen LogP contribution in [0.1, 0.15) is 18.6 Å². The van der Waals surface area contributed by atoms with Gasteiger partial charge in [0.2, 0.25) is 5.91 Å². The van der Waals surface area contributed by atoms with Crippen molar-refractivity contribution in [3.05, 3.63) is 42.2 Å². The van der Waals surface area contributed by atoms with Crippen molar-refractivity contribution in [3.8, 4) is 5.75 Å². The molecule has 2 amide bonds. The number of carbonyl (C=O) groups excluding carboxylic acids is 2. The molecule has 8 heteroatoms. The summed E-state index contributed by atoms with van der Waals surface area (Å²) in [5.74, 6) is 1.06. The average Bonchev–Trinajstić information content (AvgIpc) is 3.35. The van der Waals surface area contributed by atoms with Gasteiger partial charge in [-0.3, -0.25) is 9.59 Å². The number of nitrogens with zero attached hydrogens (tertiary/aromatic N) is 2. The maximum atomic E-state index is 12.7. The van der Waals surface area contributed by atoms with Gasteiger partial charge in [0.05, 0.1) is 26.2 Å². The second kappa shape index (κ2) is 9.89. The second-order valence-corrected chi connectivity index (χ2v) is 7.00. The highest BCUT2D eigenvalue weighted by molar-refractivity contribution is 5.94. The summed E-state index contributed by atoms with van der Waals surface area (Å²) in [7, 11) is 0. The van der Waals surface area contributed by atoms with Crippen molar-refractivity contribution in [2.75, 3.05) is 44.6 Å². The van der Waals surface area contributed by atoms with Crippen molar-refractivity contribution in [2.24, 2.45) is 0 Å². The predicted octanol–water partition coefficient (Wildman–Crippen LogP) is 0.508. The molecule has 8 nitrogen and oxygen atoms in total. The fourth-order valence-corrected chi connectivity index (χ4v) is 3.24. The number of aryl methyl sites for hydroxylation is 1. The number of nitrogens with one attached hydrogen (secondary N) is 2. The highest BCUT2D eigenvalue weighted by atomic mass is 16.5. The fraction of sp³-hybridized carbons (Fsp3) is 0.450. The lowest BCUT2D eigenvalue weighted by Crippen LogP contribution is -3.10. The van der Waals surface area contributed by atoms with Crippen LogP contribution in [0.5, 0.6) is 5.75 Å². The molecule has 1 aliphatic rings. The molecule has 1 aromatic carbocycles. The van der Waals surface area contributed by atoms with E-state index in [1.54, 1.807) is 30.0 Å². The molecule has 1 aliphatic heterocycles. The number of quaternary nitrogens is 1. The van der Waals surface area contributed by atoms with Gasteiger partial charge in [-0.05, 0) is 19.1 Å². The molecule has 0 saturated carbocycles. The lowest BCUT2D eigenvalue weighted by Gasteiger charge is -2.23. The summed E-state index contributed by atoms with van der Waals surface area (Å²) in [5, 5.41) is 6.42. The van der Waals surface area contributed by atoms with Gasteiger partial charge in [-0.25, -0.2) is 0 Å². The normalized spacial score (nSPS) is 14.0. The van der Waals surface area contributed by atoms with Crippen LogP contribution in [0.3, 0.4) is 0 Å². The van der Waals surface area contributed by atoms with E-state index in [2.05, 4.69) is 10.5 Å². The highest BCUT2D eigenvalue weighted by Crippen LogP contribution is 2.09. The zero-order chi connectivity index (χ0) is 19.8. The SMILES string of the molecule is Cc1cc(NC(=O)CN(CC[NH+]2CCCC2)C(=O)COc2ccccc2)no1. The standard InChI is InChI=1S/C20H26N4O4/c1-16-13-18(22-28-16)21-19(25)14-24(12-11-23-9-5-6-10-23)20(26)15-27-17-7-3-2-4-8-17/h2-4,7-8,13H,5-6,9-12,14-15H2,1H3,(H,21,22,25)/p+1. The number of hydrogen-bond donors (Lipinski definition) is 2. The molecule has 0 bridgehead atoms. The van der Waals surface area contributed by atoms with Crippen LogP contribution in [-0.4, -0.2) is 61.2 Å². The topological polar surface area (TPSA) is 89.1 Å². The molecular formula is C20H27N4O4+. The van der Waals surface area contributed by atoms with Crippen molar-refractivity contribution >= 4 is 17.6 Å². The maximum Gasteiger partial charge on any atom is 0.261 e. The number of rotatable bonds is 9. The molecule has 1 fully saturated rings. The summed E-state index contributed by atoms with van der Waals surface area (Å²) >= 11 is 0. The van der Waals surface area contributed by atoms with Gasteiger partial charge in [0.1, 0.15) is 18.1 Å². The summed E-state index contributed by atoms with van der Waals surface area (Å²) < 4.78 is 10.5. The lowest BCUT2D eigenvalue weighted by atomic mass is 10.3. The number of carbonyl (C=O) groups is 2. The first-order valence-corrected chi connectivity index (χ1v) is 9.62. The quantitative estimate of drug-likeness (QED) is 0.654. The second-order valence-electron chi connectivity index (χ2n) is 7.00. The third-order valence-electron chi connectivity index (χ3n) is 4.73. The van der Waals surface area contributed by atoms with E-state index in [0.717, 1.165) is 19.6 Å². The molecule has 2 N–H and O–H groups in total. The van der Waals surface area contributed by atoms with Crippen LogP contribution < -0.4 is 15.0 Å². The number of likely N-dealkylation sites (tertiary alicyclic amines) is 1. The Kier molecular flexibility index (Phi) is 7.02. The Hall–Kier alpha value is -2.87. The lowest BCUT2D eigenvalue weighted by molar-refractivity contribution is -0.886. The fourth-order valence-electron chi connectivity index (χ4n) is 3.24. The van der Waals surface area contributed by atoms with Crippen LogP contribution in [0.15, 0.2) is 40.9 Å². The highest BCUT2D eigenvalue weighted by Gasteiger charge is 2.22. The van der Waals surface area contributed by atoms with Gasteiger partial charge in [0.25, 0.3) is 5.91 Å². The van der Waals surface area contributed by atoms with E-state index < -0.39 is 0 Å². The number of anilines is 1. The molecule has 28 heavy (non-hydrogen) atoms. The molecule has 150 valence electrons. The van der Waals surface area contributed by atoms with Gasteiger partial charge in [-0.2, -0.15) is 0 Å². The minimum atomic E-state index is -0.308. The van der Waals surface area contributed by atoms with E-state index in [9.17, 15) is 9.59 Å². The molecule has 0 radical (unpaired) electrons. The number of aromatic nitrogens is 1. The molecule has 3 rings (SSSR count). The van der Waals surface area contributed by atoms with Crippen LogP contribution in [0.25, 0.3) is 0 Å². The minimum Gasteiger partial charge on any atom is -0.484 e. The van der Waals surface area contributed by atoms with Gasteiger partial charge >= 0.3 is 0 Å². The number of ether oxygens (including phenoxy) is 1. The molecular weight excluding hydrogens is 360 g/mol. The van der Waals surface area contributed by atoms with Gasteiger partial charge in [-0.1, -0.05) is 23.4 Å². The Morgan fingerprint density at radius 3 is 2.68 bits per heavy atom. The number of para-hydroxylation sites is 1. The van der Waals surface area contributed by atoms with Gasteiger partial charge in [0, 0.05) is 18.9 Å². The van der Waals surface area contributed by atoms with E-state index in [4.69, 9.17) is 9.26 Å². The Bertz CT molecular complexity index is 772. The van der Waals surface area contributed by atoms with Crippen LogP contribution >= 0.6 is 0 Å². The van der Waals surface area contributed by atoms with E-state index in [1.807, 2.05) is 18.2 Å². The third-order valence-corrected chi connectivity index (χ3v) is 4.73. The van der Waals surface area contributed by atoms with E-state index in [-0.39, 0.29) is 25.0 Å². The summed E-state index contributed by atoms with van der Waals surface area (Å²) in [6.45, 7) is 5.18. The first kappa shape index (κ1) is 19.9. The van der Waals surface area contributed by atoms with E-state index in [0.29, 0.717) is 23.9 Å². The number of benzene rings is 1. The molecule has 2 heterocycles. The summed E-state index contributed by atoms with van der Waals surface area (Å²) in [5.41, 5.74) is 0. The monoisotopic (exact) mass is 387 g/mol. The molecule has 1 saturated heterocycles. The molecule has 0 aliphatic carbocycles. The summed E-state index contributed by atoms with van der Waals surface area (Å²) in [6.07, 6.45) is 2.43.